The molecular weight excluding hydrogens is 218 g/mol. The first-order valence-electron chi connectivity index (χ1n) is 5.09. The Hall–Kier alpha value is -0.170. The minimum Gasteiger partial charge on any atom is -0.394 e. The molecule has 0 amide bonds. The Morgan fingerprint density at radius 2 is 2.20 bits per heavy atom. The lowest BCUT2D eigenvalue weighted by atomic mass is 10.1. The third-order valence-corrected chi connectivity index (χ3v) is 3.93. The number of aliphatic hydroxyl groups is 1. The fourth-order valence-electron chi connectivity index (χ4n) is 1.52. The fraction of sp³-hybridized carbons (Fsp3) is 1.00. The molecule has 5 nitrogen and oxygen atoms in total. The first-order chi connectivity index (χ1) is 6.85. The second-order valence-corrected chi connectivity index (χ2v) is 6.33. The van der Waals surface area contributed by atoms with Crippen molar-refractivity contribution < 1.29 is 18.3 Å². The van der Waals surface area contributed by atoms with Crippen molar-refractivity contribution >= 4 is 10.0 Å². The van der Waals surface area contributed by atoms with Gasteiger partial charge in [0, 0.05) is 6.61 Å². The molecule has 1 unspecified atom stereocenters. The van der Waals surface area contributed by atoms with Gasteiger partial charge in [-0.25, -0.2) is 13.1 Å². The van der Waals surface area contributed by atoms with Crippen LogP contribution in [0.4, 0.5) is 0 Å². The van der Waals surface area contributed by atoms with E-state index in [4.69, 9.17) is 9.84 Å². The molecular formula is C9H19NO4S. The topological polar surface area (TPSA) is 75.6 Å². The molecule has 0 spiro atoms. The number of aliphatic hydroxyl groups excluding tert-OH is 1. The van der Waals surface area contributed by atoms with Crippen LogP contribution in [0.2, 0.25) is 0 Å². The molecule has 0 aliphatic carbocycles. The Balaban J connectivity index is 2.51. The molecule has 2 N–H and O–H groups in total. The first kappa shape index (κ1) is 12.9. The molecule has 90 valence electrons. The van der Waals surface area contributed by atoms with Gasteiger partial charge in [-0.15, -0.1) is 0 Å². The average Bonchev–Trinajstić information content (AvgIpc) is 2.54. The van der Waals surface area contributed by atoms with Crippen molar-refractivity contribution in [2.24, 2.45) is 0 Å². The second-order valence-electron chi connectivity index (χ2n) is 4.56. The van der Waals surface area contributed by atoms with E-state index in [1.807, 2.05) is 0 Å². The zero-order chi connectivity index (χ0) is 11.5. The van der Waals surface area contributed by atoms with Crippen LogP contribution in [0.5, 0.6) is 0 Å². The molecule has 0 aromatic rings. The van der Waals surface area contributed by atoms with Crippen LogP contribution >= 0.6 is 0 Å². The van der Waals surface area contributed by atoms with Crippen molar-refractivity contribution in [2.75, 3.05) is 19.0 Å². The maximum Gasteiger partial charge on any atom is 0.214 e. The molecule has 1 saturated heterocycles. The number of rotatable bonds is 5. The van der Waals surface area contributed by atoms with Crippen LogP contribution in [0.15, 0.2) is 0 Å². The molecule has 0 saturated carbocycles. The van der Waals surface area contributed by atoms with Crippen LogP contribution in [0.3, 0.4) is 0 Å². The highest BCUT2D eigenvalue weighted by Crippen LogP contribution is 2.14. The highest BCUT2D eigenvalue weighted by molar-refractivity contribution is 7.89. The molecule has 1 fully saturated rings. The van der Waals surface area contributed by atoms with Gasteiger partial charge >= 0.3 is 0 Å². The van der Waals surface area contributed by atoms with E-state index in [0.717, 1.165) is 12.8 Å². The van der Waals surface area contributed by atoms with E-state index in [0.29, 0.717) is 6.61 Å². The Bertz CT molecular complexity index is 293. The summed E-state index contributed by atoms with van der Waals surface area (Å²) < 4.78 is 31.0. The van der Waals surface area contributed by atoms with Gasteiger partial charge in [-0.1, -0.05) is 0 Å². The van der Waals surface area contributed by atoms with Gasteiger partial charge in [0.15, 0.2) is 0 Å². The van der Waals surface area contributed by atoms with E-state index >= 15 is 0 Å². The SMILES string of the molecule is CC(C)(CO)NS(=O)(=O)CC1CCCO1. The summed E-state index contributed by atoms with van der Waals surface area (Å²) in [7, 11) is -3.37. The number of hydrogen-bond donors (Lipinski definition) is 2. The smallest absolute Gasteiger partial charge is 0.214 e. The summed E-state index contributed by atoms with van der Waals surface area (Å²) in [5.41, 5.74) is -0.808. The lowest BCUT2D eigenvalue weighted by Gasteiger charge is -2.24. The standard InChI is InChI=1S/C9H19NO4S/c1-9(2,7-11)10-15(12,13)6-8-4-3-5-14-8/h8,10-11H,3-7H2,1-2H3. The zero-order valence-electron chi connectivity index (χ0n) is 9.19. The Morgan fingerprint density at radius 3 is 2.67 bits per heavy atom. The summed E-state index contributed by atoms with van der Waals surface area (Å²) in [5.74, 6) is -0.0174. The van der Waals surface area contributed by atoms with Gasteiger partial charge in [0.05, 0.1) is 24.0 Å². The van der Waals surface area contributed by atoms with Crippen LogP contribution in [0.1, 0.15) is 26.7 Å². The summed E-state index contributed by atoms with van der Waals surface area (Å²) in [4.78, 5) is 0. The van der Waals surface area contributed by atoms with Crippen molar-refractivity contribution in [3.63, 3.8) is 0 Å². The predicted octanol–water partition coefficient (Wildman–Crippen LogP) is -0.144. The molecule has 1 aliphatic heterocycles. The molecule has 0 bridgehead atoms. The molecule has 0 aromatic carbocycles. The molecule has 1 heterocycles. The quantitative estimate of drug-likeness (QED) is 0.697. The van der Waals surface area contributed by atoms with Crippen LogP contribution in [0.25, 0.3) is 0 Å². The summed E-state index contributed by atoms with van der Waals surface area (Å²) in [6, 6.07) is 0. The average molecular weight is 237 g/mol. The van der Waals surface area contributed by atoms with E-state index in [1.165, 1.54) is 0 Å². The molecule has 1 atom stereocenters. The summed E-state index contributed by atoms with van der Waals surface area (Å²) >= 11 is 0. The summed E-state index contributed by atoms with van der Waals surface area (Å²) in [6.07, 6.45) is 1.52. The van der Waals surface area contributed by atoms with Crippen LogP contribution in [0, 0.1) is 0 Å². The number of nitrogens with one attached hydrogen (secondary N) is 1. The fourth-order valence-corrected chi connectivity index (χ4v) is 3.26. The second kappa shape index (κ2) is 4.78. The number of hydrogen-bond acceptors (Lipinski definition) is 4. The van der Waals surface area contributed by atoms with Gasteiger partial charge in [-0.2, -0.15) is 0 Å². The maximum absolute atomic E-state index is 11.7. The van der Waals surface area contributed by atoms with E-state index < -0.39 is 15.6 Å². The Kier molecular flexibility index (Phi) is 4.11. The van der Waals surface area contributed by atoms with E-state index in [9.17, 15) is 8.42 Å². The van der Waals surface area contributed by atoms with Gasteiger partial charge in [-0.05, 0) is 26.7 Å². The molecule has 0 radical (unpaired) electrons. The minimum absolute atomic E-state index is 0.0174. The molecule has 1 rings (SSSR count). The highest BCUT2D eigenvalue weighted by Gasteiger charge is 2.28. The van der Waals surface area contributed by atoms with Gasteiger partial charge in [-0.3, -0.25) is 0 Å². The largest absolute Gasteiger partial charge is 0.394 e. The normalized spacial score (nSPS) is 23.3. The summed E-state index contributed by atoms with van der Waals surface area (Å²) in [6.45, 7) is 3.70. The Morgan fingerprint density at radius 1 is 1.53 bits per heavy atom. The van der Waals surface area contributed by atoms with Crippen molar-refractivity contribution in [2.45, 2.75) is 38.3 Å². The first-order valence-corrected chi connectivity index (χ1v) is 6.74. The third kappa shape index (κ3) is 4.46. The van der Waals surface area contributed by atoms with Crippen molar-refractivity contribution in [3.05, 3.63) is 0 Å². The monoisotopic (exact) mass is 237 g/mol. The zero-order valence-corrected chi connectivity index (χ0v) is 10.0. The molecule has 0 aromatic heterocycles. The predicted molar refractivity (Wildman–Crippen MR) is 57.1 cm³/mol. The molecule has 1 aliphatic rings. The van der Waals surface area contributed by atoms with Crippen LogP contribution < -0.4 is 4.72 Å². The Labute approximate surface area is 90.9 Å². The van der Waals surface area contributed by atoms with Gasteiger partial charge in [0.25, 0.3) is 0 Å². The highest BCUT2D eigenvalue weighted by atomic mass is 32.2. The lowest BCUT2D eigenvalue weighted by molar-refractivity contribution is 0.126. The van der Waals surface area contributed by atoms with E-state index in [1.54, 1.807) is 13.8 Å². The number of ether oxygens (including phenoxy) is 1. The van der Waals surface area contributed by atoms with Crippen molar-refractivity contribution in [1.29, 1.82) is 0 Å². The van der Waals surface area contributed by atoms with Gasteiger partial charge < -0.3 is 9.84 Å². The number of sulfonamides is 1. The lowest BCUT2D eigenvalue weighted by Crippen LogP contribution is -2.48. The third-order valence-electron chi connectivity index (χ3n) is 2.26. The van der Waals surface area contributed by atoms with E-state index in [-0.39, 0.29) is 18.5 Å². The van der Waals surface area contributed by atoms with Crippen molar-refractivity contribution in [1.82, 2.24) is 4.72 Å². The van der Waals surface area contributed by atoms with Gasteiger partial charge in [0.2, 0.25) is 10.0 Å². The van der Waals surface area contributed by atoms with Gasteiger partial charge in [0.1, 0.15) is 0 Å². The molecule has 15 heavy (non-hydrogen) atoms. The van der Waals surface area contributed by atoms with E-state index in [2.05, 4.69) is 4.72 Å². The van der Waals surface area contributed by atoms with Crippen LogP contribution in [-0.2, 0) is 14.8 Å². The van der Waals surface area contributed by atoms with Crippen molar-refractivity contribution in [3.8, 4) is 0 Å². The molecule has 6 heteroatoms. The minimum atomic E-state index is -3.37. The summed E-state index contributed by atoms with van der Waals surface area (Å²) in [5, 5.41) is 8.96. The maximum atomic E-state index is 11.7. The van der Waals surface area contributed by atoms with Crippen LogP contribution in [-0.4, -0.2) is 44.1 Å².